The largest absolute Gasteiger partial charge is 0.480 e. The highest BCUT2D eigenvalue weighted by Crippen LogP contribution is 2.09. The summed E-state index contributed by atoms with van der Waals surface area (Å²) in [6.45, 7) is 1.93. The van der Waals surface area contributed by atoms with E-state index < -0.39 is 17.9 Å². The van der Waals surface area contributed by atoms with Crippen LogP contribution >= 0.6 is 0 Å². The van der Waals surface area contributed by atoms with Crippen molar-refractivity contribution in [1.29, 1.82) is 5.26 Å². The first-order valence-corrected chi connectivity index (χ1v) is 7.09. The zero-order valence-electron chi connectivity index (χ0n) is 12.6. The van der Waals surface area contributed by atoms with Crippen molar-refractivity contribution in [2.75, 3.05) is 0 Å². The first kappa shape index (κ1) is 16.2. The van der Waals surface area contributed by atoms with E-state index in [0.29, 0.717) is 11.1 Å². The molecule has 0 heterocycles. The maximum atomic E-state index is 12.2. The number of carboxylic acids is 1. The van der Waals surface area contributed by atoms with Gasteiger partial charge in [0.2, 0.25) is 0 Å². The second-order valence-corrected chi connectivity index (χ2v) is 5.25. The molecule has 116 valence electrons. The number of benzene rings is 2. The molecule has 2 N–H and O–H groups in total. The number of amides is 1. The Balaban J connectivity index is 2.11. The van der Waals surface area contributed by atoms with Crippen LogP contribution in [0.2, 0.25) is 0 Å². The van der Waals surface area contributed by atoms with E-state index >= 15 is 0 Å². The fourth-order valence-corrected chi connectivity index (χ4v) is 2.21. The molecule has 0 radical (unpaired) electrons. The van der Waals surface area contributed by atoms with Gasteiger partial charge in [0.05, 0.1) is 11.6 Å². The predicted molar refractivity (Wildman–Crippen MR) is 84.9 cm³/mol. The highest BCUT2D eigenvalue weighted by Gasteiger charge is 2.21. The molecule has 0 unspecified atom stereocenters. The summed E-state index contributed by atoms with van der Waals surface area (Å²) >= 11 is 0. The lowest BCUT2D eigenvalue weighted by molar-refractivity contribution is -0.139. The molecule has 5 nitrogen and oxygen atoms in total. The summed E-state index contributed by atoms with van der Waals surface area (Å²) in [6, 6.07) is 14.5. The number of carboxylic acid groups (broad SMARTS) is 1. The van der Waals surface area contributed by atoms with E-state index in [-0.39, 0.29) is 6.42 Å². The van der Waals surface area contributed by atoms with Crippen molar-refractivity contribution < 1.29 is 14.7 Å². The Morgan fingerprint density at radius 2 is 1.91 bits per heavy atom. The number of hydrogen-bond donors (Lipinski definition) is 2. The van der Waals surface area contributed by atoms with Gasteiger partial charge in [0, 0.05) is 12.0 Å². The van der Waals surface area contributed by atoms with Crippen LogP contribution in [0.25, 0.3) is 0 Å². The second-order valence-electron chi connectivity index (χ2n) is 5.25. The minimum absolute atomic E-state index is 0.207. The van der Waals surface area contributed by atoms with E-state index in [4.69, 9.17) is 5.26 Å². The molecule has 0 aromatic heterocycles. The fraction of sp³-hybridized carbons (Fsp3) is 0.167. The maximum Gasteiger partial charge on any atom is 0.326 e. The number of nitrogens with one attached hydrogen (secondary N) is 1. The monoisotopic (exact) mass is 308 g/mol. The molecular formula is C18H16N2O3. The molecule has 0 aliphatic heterocycles. The first-order valence-electron chi connectivity index (χ1n) is 7.09. The smallest absolute Gasteiger partial charge is 0.326 e. The third-order valence-corrected chi connectivity index (χ3v) is 3.40. The Bertz CT molecular complexity index is 761. The molecule has 2 rings (SSSR count). The summed E-state index contributed by atoms with van der Waals surface area (Å²) in [5, 5.41) is 20.6. The van der Waals surface area contributed by atoms with Gasteiger partial charge in [0.25, 0.3) is 5.91 Å². The van der Waals surface area contributed by atoms with E-state index in [9.17, 15) is 14.7 Å². The zero-order valence-corrected chi connectivity index (χ0v) is 12.6. The van der Waals surface area contributed by atoms with Gasteiger partial charge in [-0.3, -0.25) is 4.79 Å². The van der Waals surface area contributed by atoms with Crippen LogP contribution in [0, 0.1) is 18.3 Å². The number of aliphatic carboxylic acids is 1. The van der Waals surface area contributed by atoms with Gasteiger partial charge in [-0.15, -0.1) is 0 Å². The Labute approximate surface area is 134 Å². The molecule has 0 aliphatic carbocycles. The van der Waals surface area contributed by atoms with Crippen LogP contribution in [-0.2, 0) is 11.2 Å². The zero-order chi connectivity index (χ0) is 16.8. The van der Waals surface area contributed by atoms with Crippen molar-refractivity contribution in [3.05, 3.63) is 70.8 Å². The predicted octanol–water partition coefficient (Wildman–Crippen LogP) is 2.29. The normalized spacial score (nSPS) is 11.3. The SMILES string of the molecule is Cc1cccc(C[C@H](NC(=O)c2ccc(C#N)cc2)C(=O)O)c1. The van der Waals surface area contributed by atoms with Crippen LogP contribution in [0.5, 0.6) is 0 Å². The molecule has 0 spiro atoms. The van der Waals surface area contributed by atoms with Crippen LogP contribution in [-0.4, -0.2) is 23.0 Å². The number of carbonyl (C=O) groups excluding carboxylic acids is 1. The minimum Gasteiger partial charge on any atom is -0.480 e. The molecule has 0 aliphatic rings. The molecule has 0 fully saturated rings. The number of hydrogen-bond acceptors (Lipinski definition) is 3. The molecule has 2 aromatic carbocycles. The lowest BCUT2D eigenvalue weighted by Crippen LogP contribution is -2.42. The van der Waals surface area contributed by atoms with E-state index in [0.717, 1.165) is 11.1 Å². The summed E-state index contributed by atoms with van der Waals surface area (Å²) in [7, 11) is 0. The summed E-state index contributed by atoms with van der Waals surface area (Å²) in [4.78, 5) is 23.6. The Morgan fingerprint density at radius 3 is 2.48 bits per heavy atom. The molecule has 5 heteroatoms. The van der Waals surface area contributed by atoms with Crippen LogP contribution in [0.1, 0.15) is 27.0 Å². The Hall–Kier alpha value is -3.13. The molecule has 0 saturated heterocycles. The van der Waals surface area contributed by atoms with Gasteiger partial charge in [-0.1, -0.05) is 29.8 Å². The molecular weight excluding hydrogens is 292 g/mol. The van der Waals surface area contributed by atoms with E-state index in [1.165, 1.54) is 24.3 Å². The number of rotatable bonds is 5. The minimum atomic E-state index is -1.09. The van der Waals surface area contributed by atoms with Gasteiger partial charge in [-0.05, 0) is 36.8 Å². The standard InChI is InChI=1S/C18H16N2O3/c1-12-3-2-4-14(9-12)10-16(18(22)23)20-17(21)15-7-5-13(11-19)6-8-15/h2-9,16H,10H2,1H3,(H,20,21)(H,22,23)/t16-/m0/s1. The van der Waals surface area contributed by atoms with Crippen LogP contribution in [0.4, 0.5) is 0 Å². The van der Waals surface area contributed by atoms with Gasteiger partial charge >= 0.3 is 5.97 Å². The van der Waals surface area contributed by atoms with Crippen LogP contribution < -0.4 is 5.32 Å². The van der Waals surface area contributed by atoms with E-state index in [2.05, 4.69) is 5.32 Å². The fourth-order valence-electron chi connectivity index (χ4n) is 2.21. The highest BCUT2D eigenvalue weighted by atomic mass is 16.4. The lowest BCUT2D eigenvalue weighted by atomic mass is 10.0. The Morgan fingerprint density at radius 1 is 1.22 bits per heavy atom. The second kappa shape index (κ2) is 7.23. The van der Waals surface area contributed by atoms with E-state index in [1.807, 2.05) is 37.3 Å². The van der Waals surface area contributed by atoms with Crippen LogP contribution in [0.15, 0.2) is 48.5 Å². The number of nitriles is 1. The number of aryl methyl sites for hydroxylation is 1. The van der Waals surface area contributed by atoms with Crippen molar-refractivity contribution in [2.45, 2.75) is 19.4 Å². The third kappa shape index (κ3) is 4.42. The van der Waals surface area contributed by atoms with Crippen molar-refractivity contribution in [2.24, 2.45) is 0 Å². The van der Waals surface area contributed by atoms with Crippen molar-refractivity contribution in [1.82, 2.24) is 5.32 Å². The quantitative estimate of drug-likeness (QED) is 0.886. The van der Waals surface area contributed by atoms with Crippen molar-refractivity contribution in [3.8, 4) is 6.07 Å². The molecule has 2 aromatic rings. The van der Waals surface area contributed by atoms with Gasteiger partial charge < -0.3 is 10.4 Å². The first-order chi connectivity index (χ1) is 11.0. The van der Waals surface area contributed by atoms with Gasteiger partial charge in [-0.2, -0.15) is 5.26 Å². The molecule has 0 bridgehead atoms. The molecule has 0 saturated carbocycles. The van der Waals surface area contributed by atoms with Gasteiger partial charge in [-0.25, -0.2) is 4.79 Å². The molecule has 1 amide bonds. The molecule has 1 atom stereocenters. The van der Waals surface area contributed by atoms with Crippen LogP contribution in [0.3, 0.4) is 0 Å². The van der Waals surface area contributed by atoms with Gasteiger partial charge in [0.1, 0.15) is 6.04 Å². The topological polar surface area (TPSA) is 90.2 Å². The number of carbonyl (C=O) groups is 2. The average Bonchev–Trinajstić information content (AvgIpc) is 2.54. The Kier molecular flexibility index (Phi) is 5.11. The third-order valence-electron chi connectivity index (χ3n) is 3.40. The maximum absolute atomic E-state index is 12.2. The van der Waals surface area contributed by atoms with Crippen molar-refractivity contribution in [3.63, 3.8) is 0 Å². The summed E-state index contributed by atoms with van der Waals surface area (Å²) in [5.41, 5.74) is 2.64. The number of nitrogens with zero attached hydrogens (tertiary/aromatic N) is 1. The summed E-state index contributed by atoms with van der Waals surface area (Å²) < 4.78 is 0. The van der Waals surface area contributed by atoms with E-state index in [1.54, 1.807) is 0 Å². The summed E-state index contributed by atoms with van der Waals surface area (Å²) in [6.07, 6.45) is 0.207. The van der Waals surface area contributed by atoms with Crippen molar-refractivity contribution >= 4 is 11.9 Å². The highest BCUT2D eigenvalue weighted by molar-refractivity contribution is 5.96. The lowest BCUT2D eigenvalue weighted by Gasteiger charge is -2.15. The average molecular weight is 308 g/mol. The molecule has 23 heavy (non-hydrogen) atoms. The summed E-state index contributed by atoms with van der Waals surface area (Å²) in [5.74, 6) is -1.57. The van der Waals surface area contributed by atoms with Gasteiger partial charge in [0.15, 0.2) is 0 Å².